The number of anilines is 1. The topological polar surface area (TPSA) is 104 Å². The number of hydrogen-bond acceptors (Lipinski definition) is 7. The van der Waals surface area contributed by atoms with E-state index in [1.54, 1.807) is 30.3 Å². The van der Waals surface area contributed by atoms with Crippen molar-refractivity contribution in [2.45, 2.75) is 19.9 Å². The number of aryl methyl sites for hydroxylation is 2. The monoisotopic (exact) mass is 530 g/mol. The van der Waals surface area contributed by atoms with Gasteiger partial charge in [0.1, 0.15) is 11.3 Å². The predicted molar refractivity (Wildman–Crippen MR) is 143 cm³/mol. The molecule has 1 unspecified atom stereocenters. The maximum atomic E-state index is 13.8. The number of aliphatic hydroxyl groups excluding tert-OH is 1. The number of fused-ring (bicyclic) bond motifs is 2. The molecule has 0 aliphatic carbocycles. The summed E-state index contributed by atoms with van der Waals surface area (Å²) < 4.78 is 6.64. The molecule has 37 heavy (non-hydrogen) atoms. The fraction of sp³-hybridized carbons (Fsp3) is 0.107. The third-order valence-electron chi connectivity index (χ3n) is 6.56. The number of aliphatic hydroxyl groups is 1. The molecule has 3 heterocycles. The van der Waals surface area contributed by atoms with E-state index in [9.17, 15) is 19.8 Å². The molecule has 0 spiro atoms. The van der Waals surface area contributed by atoms with Crippen molar-refractivity contribution in [2.24, 2.45) is 0 Å². The van der Waals surface area contributed by atoms with E-state index >= 15 is 0 Å². The lowest BCUT2D eigenvalue weighted by Gasteiger charge is -2.24. The van der Waals surface area contributed by atoms with Gasteiger partial charge in [0.25, 0.3) is 5.91 Å². The van der Waals surface area contributed by atoms with Gasteiger partial charge in [-0.25, -0.2) is 4.98 Å². The van der Waals surface area contributed by atoms with Crippen LogP contribution in [0.5, 0.6) is 5.75 Å². The number of thiazole rings is 1. The Morgan fingerprint density at radius 3 is 2.51 bits per heavy atom. The highest BCUT2D eigenvalue weighted by atomic mass is 35.5. The average molecular weight is 531 g/mol. The standard InChI is InChI=1S/C28H19ClN2O5S/c1-13-9-19-22(10-14(13)2)37-28(30-19)31-24(15-3-6-18(32)7-4-15)23(26(34)27(31)35)25(33)21-12-16-11-17(29)5-8-20(16)36-21/h3-12,24,32,34H,1-2H3. The van der Waals surface area contributed by atoms with Crippen LogP contribution in [0.25, 0.3) is 21.2 Å². The van der Waals surface area contributed by atoms with Gasteiger partial charge in [-0.1, -0.05) is 35.1 Å². The number of benzene rings is 3. The number of amides is 1. The third kappa shape index (κ3) is 3.77. The van der Waals surface area contributed by atoms with Gasteiger partial charge in [0.05, 0.1) is 21.8 Å². The zero-order chi connectivity index (χ0) is 26.0. The number of rotatable bonds is 4. The summed E-state index contributed by atoms with van der Waals surface area (Å²) >= 11 is 7.38. The highest BCUT2D eigenvalue weighted by molar-refractivity contribution is 7.22. The Bertz CT molecular complexity index is 1750. The second-order valence-electron chi connectivity index (χ2n) is 8.95. The fourth-order valence-electron chi connectivity index (χ4n) is 4.54. The highest BCUT2D eigenvalue weighted by Crippen LogP contribution is 2.45. The van der Waals surface area contributed by atoms with Crippen molar-refractivity contribution in [1.82, 2.24) is 4.98 Å². The van der Waals surface area contributed by atoms with Crippen LogP contribution < -0.4 is 4.90 Å². The molecule has 2 aromatic heterocycles. The fourth-order valence-corrected chi connectivity index (χ4v) is 5.79. The summed E-state index contributed by atoms with van der Waals surface area (Å²) in [5, 5.41) is 22.3. The number of hydrogen-bond donors (Lipinski definition) is 2. The molecule has 0 fully saturated rings. The summed E-state index contributed by atoms with van der Waals surface area (Å²) in [4.78, 5) is 33.2. The first-order valence-corrected chi connectivity index (χ1v) is 12.6. The Hall–Kier alpha value is -4.14. The lowest BCUT2D eigenvalue weighted by atomic mass is 9.95. The normalized spacial score (nSPS) is 15.9. The second-order valence-corrected chi connectivity index (χ2v) is 10.4. The van der Waals surface area contributed by atoms with Crippen LogP contribution in [0.4, 0.5) is 5.13 Å². The van der Waals surface area contributed by atoms with Gasteiger partial charge in [-0.3, -0.25) is 14.5 Å². The van der Waals surface area contributed by atoms with E-state index in [4.69, 9.17) is 16.0 Å². The molecule has 3 aromatic carbocycles. The minimum absolute atomic E-state index is 0.0285. The van der Waals surface area contributed by atoms with E-state index in [-0.39, 0.29) is 17.1 Å². The number of Topliss-reactive ketones (excluding diaryl/α,β-unsaturated/α-hetero) is 1. The van der Waals surface area contributed by atoms with Crippen molar-refractivity contribution in [1.29, 1.82) is 0 Å². The zero-order valence-corrected chi connectivity index (χ0v) is 21.2. The van der Waals surface area contributed by atoms with Crippen LogP contribution in [0.2, 0.25) is 5.02 Å². The van der Waals surface area contributed by atoms with Crippen LogP contribution in [0.3, 0.4) is 0 Å². The van der Waals surface area contributed by atoms with Crippen LogP contribution in [-0.4, -0.2) is 26.9 Å². The molecule has 7 nitrogen and oxygen atoms in total. The molecule has 9 heteroatoms. The van der Waals surface area contributed by atoms with Crippen LogP contribution in [0.1, 0.15) is 33.3 Å². The number of phenolic OH excluding ortho intramolecular Hbond substituents is 1. The number of carbonyl (C=O) groups excluding carboxylic acids is 2. The maximum Gasteiger partial charge on any atom is 0.296 e. The van der Waals surface area contributed by atoms with E-state index in [0.717, 1.165) is 15.8 Å². The van der Waals surface area contributed by atoms with Gasteiger partial charge in [-0.15, -0.1) is 0 Å². The molecule has 2 N–H and O–H groups in total. The number of phenols is 1. The Morgan fingerprint density at radius 2 is 1.76 bits per heavy atom. The van der Waals surface area contributed by atoms with Crippen molar-refractivity contribution in [2.75, 3.05) is 4.90 Å². The lowest BCUT2D eigenvalue weighted by Crippen LogP contribution is -2.30. The largest absolute Gasteiger partial charge is 0.508 e. The van der Waals surface area contributed by atoms with Gasteiger partial charge >= 0.3 is 0 Å². The predicted octanol–water partition coefficient (Wildman–Crippen LogP) is 6.80. The van der Waals surface area contributed by atoms with Crippen molar-refractivity contribution in [3.8, 4) is 5.75 Å². The molecule has 6 rings (SSSR count). The number of aromatic nitrogens is 1. The van der Waals surface area contributed by atoms with Crippen LogP contribution in [0, 0.1) is 13.8 Å². The van der Waals surface area contributed by atoms with Gasteiger partial charge in [0.2, 0.25) is 5.78 Å². The maximum absolute atomic E-state index is 13.8. The number of halogens is 1. The number of furan rings is 1. The Morgan fingerprint density at radius 1 is 1.03 bits per heavy atom. The molecule has 0 saturated carbocycles. The Balaban J connectivity index is 1.51. The summed E-state index contributed by atoms with van der Waals surface area (Å²) in [5.74, 6) is -2.05. The molecular formula is C28H19ClN2O5S. The number of ketones is 1. The number of carbonyl (C=O) groups is 2. The minimum Gasteiger partial charge on any atom is -0.508 e. The van der Waals surface area contributed by atoms with Gasteiger partial charge in [0, 0.05) is 10.4 Å². The number of nitrogens with zero attached hydrogens (tertiary/aromatic N) is 2. The van der Waals surface area contributed by atoms with E-state index < -0.39 is 23.5 Å². The number of aromatic hydroxyl groups is 1. The van der Waals surface area contributed by atoms with Crippen molar-refractivity contribution in [3.05, 3.63) is 99.5 Å². The van der Waals surface area contributed by atoms with Gasteiger partial charge < -0.3 is 14.6 Å². The Labute approximate surface area is 219 Å². The summed E-state index contributed by atoms with van der Waals surface area (Å²) in [5.41, 5.74) is 3.71. The quantitative estimate of drug-likeness (QED) is 0.248. The van der Waals surface area contributed by atoms with E-state index in [1.165, 1.54) is 34.4 Å². The van der Waals surface area contributed by atoms with Gasteiger partial charge in [-0.05, 0) is 79.1 Å². The molecule has 5 aromatic rings. The smallest absolute Gasteiger partial charge is 0.296 e. The summed E-state index contributed by atoms with van der Waals surface area (Å²) in [6.45, 7) is 3.98. The molecular weight excluding hydrogens is 512 g/mol. The first-order chi connectivity index (χ1) is 17.7. The van der Waals surface area contributed by atoms with Gasteiger partial charge in [-0.2, -0.15) is 0 Å². The summed E-state index contributed by atoms with van der Waals surface area (Å²) in [7, 11) is 0. The molecule has 0 saturated heterocycles. The Kier molecular flexibility index (Phi) is 5.33. The molecule has 1 amide bonds. The molecule has 0 bridgehead atoms. The molecule has 184 valence electrons. The lowest BCUT2D eigenvalue weighted by molar-refractivity contribution is -0.117. The first kappa shape index (κ1) is 23.3. The van der Waals surface area contributed by atoms with Crippen LogP contribution >= 0.6 is 22.9 Å². The molecule has 0 radical (unpaired) electrons. The highest BCUT2D eigenvalue weighted by Gasteiger charge is 2.46. The third-order valence-corrected chi connectivity index (χ3v) is 7.81. The zero-order valence-electron chi connectivity index (χ0n) is 19.7. The second kappa shape index (κ2) is 8.47. The average Bonchev–Trinajstić information content (AvgIpc) is 3.53. The first-order valence-electron chi connectivity index (χ1n) is 11.4. The van der Waals surface area contributed by atoms with E-state index in [2.05, 4.69) is 4.98 Å². The van der Waals surface area contributed by atoms with Crippen molar-refractivity contribution < 1.29 is 24.2 Å². The van der Waals surface area contributed by atoms with Gasteiger partial charge in [0.15, 0.2) is 16.7 Å². The van der Waals surface area contributed by atoms with Crippen molar-refractivity contribution >= 4 is 60.9 Å². The van der Waals surface area contributed by atoms with E-state index in [1.807, 2.05) is 26.0 Å². The van der Waals surface area contributed by atoms with Crippen molar-refractivity contribution in [3.63, 3.8) is 0 Å². The minimum atomic E-state index is -0.986. The molecule has 1 atom stereocenters. The SMILES string of the molecule is Cc1cc2nc(N3C(=O)C(O)=C(C(=O)c4cc5cc(Cl)ccc5o4)C3c3ccc(O)cc3)sc2cc1C. The molecule has 1 aliphatic heterocycles. The van der Waals surface area contributed by atoms with Crippen LogP contribution in [0.15, 0.2) is 76.4 Å². The van der Waals surface area contributed by atoms with E-state index in [0.29, 0.717) is 32.2 Å². The molecule has 1 aliphatic rings. The summed E-state index contributed by atoms with van der Waals surface area (Å²) in [6, 6.07) is 15.6. The summed E-state index contributed by atoms with van der Waals surface area (Å²) in [6.07, 6.45) is 0. The van der Waals surface area contributed by atoms with Crippen LogP contribution in [-0.2, 0) is 4.79 Å².